The van der Waals surface area contributed by atoms with Gasteiger partial charge in [-0.25, -0.2) is 0 Å². The highest BCUT2D eigenvalue weighted by Gasteiger charge is 1.98. The van der Waals surface area contributed by atoms with Crippen LogP contribution in [0.5, 0.6) is 0 Å². The molecule has 0 saturated heterocycles. The Bertz CT molecular complexity index is 591. The van der Waals surface area contributed by atoms with Crippen LogP contribution in [-0.4, -0.2) is 185 Å². The molecule has 0 aromatic rings. The van der Waals surface area contributed by atoms with E-state index < -0.39 is 0 Å². The zero-order chi connectivity index (χ0) is 38.8. The fourth-order valence-corrected chi connectivity index (χ4v) is 4.78. The summed E-state index contributed by atoms with van der Waals surface area (Å²) in [6.45, 7) is 17.7. The Hall–Kier alpha value is -0.560. The Balaban J connectivity index is 3.05. The van der Waals surface area contributed by atoms with E-state index in [1.54, 1.807) is 0 Å². The quantitative estimate of drug-likeness (QED) is 0.0853. The van der Waals surface area contributed by atoms with Gasteiger partial charge in [-0.2, -0.15) is 0 Å². The van der Waals surface area contributed by atoms with Crippen molar-refractivity contribution in [1.29, 1.82) is 0 Å². The Labute approximate surface area is 329 Å². The number of hydrogen-bond donors (Lipinski definition) is 1. The van der Waals surface area contributed by atoms with Crippen molar-refractivity contribution >= 4 is 0 Å². The maximum atomic E-state index is 5.66. The highest BCUT2D eigenvalue weighted by Crippen LogP contribution is 2.11. The molecule has 14 heteroatoms. The zero-order valence-electron chi connectivity index (χ0n) is 34.7. The summed E-state index contributed by atoms with van der Waals surface area (Å²) in [5, 5.41) is 3.02. The van der Waals surface area contributed by atoms with Crippen molar-refractivity contribution < 1.29 is 61.6 Å². The molecule has 14 nitrogen and oxygen atoms in total. The molecule has 0 heterocycles. The van der Waals surface area contributed by atoms with E-state index in [9.17, 15) is 0 Å². The first-order valence-corrected chi connectivity index (χ1v) is 21.1. The molecule has 1 N–H and O–H groups in total. The van der Waals surface area contributed by atoms with Gasteiger partial charge in [-0.1, -0.05) is 71.1 Å². The lowest BCUT2D eigenvalue weighted by Gasteiger charge is -2.09. The molecule has 0 amide bonds. The van der Waals surface area contributed by atoms with Gasteiger partial charge in [0.25, 0.3) is 0 Å². The highest BCUT2D eigenvalue weighted by atomic mass is 16.6. The molecule has 54 heavy (non-hydrogen) atoms. The summed E-state index contributed by atoms with van der Waals surface area (Å²) in [6.07, 6.45) is 14.9. The minimum atomic E-state index is 0.515. The van der Waals surface area contributed by atoms with E-state index >= 15 is 0 Å². The fraction of sp³-hybridized carbons (Fsp3) is 1.00. The van der Waals surface area contributed by atoms with Crippen LogP contribution in [0, 0.1) is 0 Å². The van der Waals surface area contributed by atoms with E-state index in [2.05, 4.69) is 12.2 Å². The van der Waals surface area contributed by atoms with Gasteiger partial charge in [-0.3, -0.25) is 0 Å². The first kappa shape index (κ1) is 53.4. The van der Waals surface area contributed by atoms with Crippen LogP contribution in [-0.2, 0) is 61.6 Å². The van der Waals surface area contributed by atoms with Crippen LogP contribution in [0.25, 0.3) is 0 Å². The Morgan fingerprint density at radius 1 is 0.222 bits per heavy atom. The first-order chi connectivity index (χ1) is 26.9. The summed E-state index contributed by atoms with van der Waals surface area (Å²) in [5.74, 6) is 0. The average molecular weight is 786 g/mol. The number of rotatable bonds is 51. The molecule has 0 rings (SSSR count). The second-order valence-electron chi connectivity index (χ2n) is 12.6. The Morgan fingerprint density at radius 2 is 0.407 bits per heavy atom. The zero-order valence-corrected chi connectivity index (χ0v) is 34.7. The Kier molecular flexibility index (Phi) is 51.9. The number of hydrogen-bond acceptors (Lipinski definition) is 14. The fourth-order valence-electron chi connectivity index (χ4n) is 4.78. The van der Waals surface area contributed by atoms with E-state index in [4.69, 9.17) is 61.6 Å². The van der Waals surface area contributed by atoms with Gasteiger partial charge in [0.15, 0.2) is 0 Å². The molecular weight excluding hydrogens is 702 g/mol. The van der Waals surface area contributed by atoms with Crippen LogP contribution >= 0.6 is 0 Å². The molecule has 0 unspecified atom stereocenters. The minimum Gasteiger partial charge on any atom is -0.379 e. The first-order valence-electron chi connectivity index (χ1n) is 21.1. The number of likely N-dealkylation sites (N-methyl/N-ethyl adjacent to an activating group) is 1. The maximum absolute atomic E-state index is 5.66. The lowest BCUT2D eigenvalue weighted by atomic mass is 10.1. The van der Waals surface area contributed by atoms with Crippen LogP contribution in [0.4, 0.5) is 0 Å². The summed E-state index contributed by atoms with van der Waals surface area (Å²) in [7, 11) is 1.90. The number of nitrogens with one attached hydrogen (secondary N) is 1. The lowest BCUT2D eigenvalue weighted by molar-refractivity contribution is -0.0290. The Morgan fingerprint density at radius 3 is 0.630 bits per heavy atom. The molecule has 0 saturated carbocycles. The van der Waals surface area contributed by atoms with Gasteiger partial charge in [0.2, 0.25) is 0 Å². The normalized spacial score (nSPS) is 11.7. The second-order valence-corrected chi connectivity index (χ2v) is 12.6. The third kappa shape index (κ3) is 51.4. The summed E-state index contributed by atoms with van der Waals surface area (Å²) in [5.41, 5.74) is 0. The van der Waals surface area contributed by atoms with E-state index in [-0.39, 0.29) is 0 Å². The van der Waals surface area contributed by atoms with Gasteiger partial charge in [0.05, 0.1) is 165 Å². The second kappa shape index (κ2) is 52.4. The van der Waals surface area contributed by atoms with Crippen LogP contribution in [0.3, 0.4) is 0 Å². The van der Waals surface area contributed by atoms with Crippen molar-refractivity contribution in [2.24, 2.45) is 0 Å². The summed E-state index contributed by atoms with van der Waals surface area (Å²) < 4.78 is 71.5. The molecule has 0 aromatic carbocycles. The summed E-state index contributed by atoms with van der Waals surface area (Å²) in [4.78, 5) is 0. The third-order valence-electron chi connectivity index (χ3n) is 7.85. The van der Waals surface area contributed by atoms with Crippen LogP contribution in [0.1, 0.15) is 77.6 Å². The van der Waals surface area contributed by atoms with Crippen LogP contribution in [0.2, 0.25) is 0 Å². The van der Waals surface area contributed by atoms with Crippen molar-refractivity contribution in [1.82, 2.24) is 5.32 Å². The molecule has 0 fully saturated rings. The van der Waals surface area contributed by atoms with Crippen molar-refractivity contribution in [3.63, 3.8) is 0 Å². The van der Waals surface area contributed by atoms with Crippen molar-refractivity contribution in [3.8, 4) is 0 Å². The molecule has 326 valence electrons. The van der Waals surface area contributed by atoms with E-state index in [1.807, 2.05) is 7.05 Å². The SMILES string of the molecule is CCCCCCCCCCCCCOCCOCCOCCOCCOCCOCCOCCOCCOCCOCCOCCOCCOCCNC. The lowest BCUT2D eigenvalue weighted by Crippen LogP contribution is -2.17. The minimum absolute atomic E-state index is 0.515. The van der Waals surface area contributed by atoms with Crippen molar-refractivity contribution in [2.45, 2.75) is 77.6 Å². The van der Waals surface area contributed by atoms with Crippen LogP contribution < -0.4 is 5.32 Å². The van der Waals surface area contributed by atoms with Gasteiger partial charge in [-0.15, -0.1) is 0 Å². The summed E-state index contributed by atoms with van der Waals surface area (Å²) >= 11 is 0. The van der Waals surface area contributed by atoms with E-state index in [0.29, 0.717) is 165 Å². The van der Waals surface area contributed by atoms with Crippen molar-refractivity contribution in [2.75, 3.05) is 185 Å². The number of ether oxygens (including phenoxy) is 13. The molecule has 0 radical (unpaired) electrons. The van der Waals surface area contributed by atoms with Crippen LogP contribution in [0.15, 0.2) is 0 Å². The van der Waals surface area contributed by atoms with Crippen molar-refractivity contribution in [3.05, 3.63) is 0 Å². The smallest absolute Gasteiger partial charge is 0.0701 e. The molecule has 0 aliphatic carbocycles. The third-order valence-corrected chi connectivity index (χ3v) is 7.85. The average Bonchev–Trinajstić information content (AvgIpc) is 3.18. The molecule has 0 atom stereocenters. The van der Waals surface area contributed by atoms with E-state index in [1.165, 1.54) is 64.2 Å². The van der Waals surface area contributed by atoms with Gasteiger partial charge in [0, 0.05) is 13.2 Å². The standard InChI is InChI=1S/C40H83NO13/c1-3-4-5-6-7-8-9-10-11-12-13-15-42-17-19-44-21-23-46-25-27-48-29-31-50-33-35-52-37-39-54-40-38-53-36-34-51-32-30-49-28-26-47-24-22-45-20-18-43-16-14-41-2/h41H,3-40H2,1-2H3. The largest absolute Gasteiger partial charge is 0.379 e. The summed E-state index contributed by atoms with van der Waals surface area (Å²) in [6, 6.07) is 0. The predicted molar refractivity (Wildman–Crippen MR) is 211 cm³/mol. The monoisotopic (exact) mass is 786 g/mol. The molecule has 0 bridgehead atoms. The highest BCUT2D eigenvalue weighted by molar-refractivity contribution is 4.48. The van der Waals surface area contributed by atoms with E-state index in [0.717, 1.165) is 19.6 Å². The molecule has 0 aromatic heterocycles. The molecule has 0 aliphatic rings. The number of unbranched alkanes of at least 4 members (excludes halogenated alkanes) is 10. The predicted octanol–water partition coefficient (Wildman–Crippen LogP) is 4.73. The van der Waals surface area contributed by atoms with Gasteiger partial charge in [0.1, 0.15) is 0 Å². The van der Waals surface area contributed by atoms with Gasteiger partial charge >= 0.3 is 0 Å². The van der Waals surface area contributed by atoms with Gasteiger partial charge in [-0.05, 0) is 13.5 Å². The molecule has 0 aliphatic heterocycles. The molecular formula is C40H83NO13. The van der Waals surface area contributed by atoms with Gasteiger partial charge < -0.3 is 66.9 Å². The maximum Gasteiger partial charge on any atom is 0.0701 e. The molecule has 0 spiro atoms. The topological polar surface area (TPSA) is 132 Å².